The third-order valence-corrected chi connectivity index (χ3v) is 4.55. The molecule has 5 nitrogen and oxygen atoms in total. The molecule has 1 N–H and O–H groups in total. The number of halogens is 4. The minimum Gasteiger partial charge on any atom is -0.496 e. The second-order valence-corrected chi connectivity index (χ2v) is 6.52. The van der Waals surface area contributed by atoms with E-state index in [9.17, 15) is 18.0 Å². The molecule has 2 aromatic carbocycles. The topological polar surface area (TPSA) is 60.5 Å². The Bertz CT molecular complexity index is 1090. The zero-order chi connectivity index (χ0) is 21.9. The van der Waals surface area contributed by atoms with Gasteiger partial charge in [-0.2, -0.15) is 13.2 Å². The van der Waals surface area contributed by atoms with Crippen molar-refractivity contribution in [2.24, 2.45) is 0 Å². The molecule has 0 radical (unpaired) electrons. The lowest BCUT2D eigenvalue weighted by molar-refractivity contribution is -0.138. The highest BCUT2D eigenvalue weighted by atomic mass is 35.5. The molecule has 30 heavy (non-hydrogen) atoms. The summed E-state index contributed by atoms with van der Waals surface area (Å²) in [7, 11) is 2.57. The average molecular weight is 437 g/mol. The predicted molar refractivity (Wildman–Crippen MR) is 107 cm³/mol. The zero-order valence-corrected chi connectivity index (χ0v) is 16.6. The summed E-state index contributed by atoms with van der Waals surface area (Å²) in [6.07, 6.45) is -3.05. The number of carbonyl (C=O) groups excluding carboxylic acids is 1. The summed E-state index contributed by atoms with van der Waals surface area (Å²) in [6.45, 7) is 0. The number of anilines is 1. The predicted octanol–water partition coefficient (Wildman–Crippen LogP) is 5.69. The third-order valence-electron chi connectivity index (χ3n) is 4.24. The molecule has 0 spiro atoms. The maximum atomic E-state index is 13.2. The third kappa shape index (κ3) is 4.49. The minimum absolute atomic E-state index is 0.0241. The number of rotatable bonds is 5. The lowest BCUT2D eigenvalue weighted by Crippen LogP contribution is -2.14. The molecule has 3 aromatic rings. The van der Waals surface area contributed by atoms with Crippen LogP contribution in [-0.2, 0) is 6.18 Å². The first-order valence-electron chi connectivity index (χ1n) is 8.60. The molecule has 1 heterocycles. The number of benzene rings is 2. The van der Waals surface area contributed by atoms with Crippen molar-refractivity contribution in [2.75, 3.05) is 19.5 Å². The Balaban J connectivity index is 1.90. The summed E-state index contributed by atoms with van der Waals surface area (Å²) in [5, 5.41) is 2.86. The molecule has 9 heteroatoms. The molecule has 0 saturated carbocycles. The molecule has 0 saturated heterocycles. The molecule has 0 unspecified atom stereocenters. The molecular formula is C21H16ClF3N2O3. The highest BCUT2D eigenvalue weighted by Gasteiger charge is 2.34. The number of amides is 1. The number of ether oxygens (including phenoxy) is 2. The fourth-order valence-corrected chi connectivity index (χ4v) is 3.05. The van der Waals surface area contributed by atoms with Crippen molar-refractivity contribution in [3.8, 4) is 22.8 Å². The van der Waals surface area contributed by atoms with E-state index >= 15 is 0 Å². The molecule has 156 valence electrons. The first-order chi connectivity index (χ1) is 14.2. The van der Waals surface area contributed by atoms with E-state index in [2.05, 4.69) is 10.3 Å². The van der Waals surface area contributed by atoms with E-state index in [0.29, 0.717) is 22.0 Å². The lowest BCUT2D eigenvalue weighted by Gasteiger charge is -2.14. The smallest absolute Gasteiger partial charge is 0.420 e. The van der Waals surface area contributed by atoms with Crippen molar-refractivity contribution in [3.05, 3.63) is 70.9 Å². The number of pyridine rings is 1. The standard InChI is InChI=1S/C21H16ClF3N2O3/c1-29-17-8-6-13(11-15(17)21(23,24)25)27-20(28)12-5-7-14(18(10-12)30-2)19-16(22)4-3-9-26-19/h3-11H,1-2H3,(H,27,28). The van der Waals surface area contributed by atoms with Crippen molar-refractivity contribution >= 4 is 23.2 Å². The van der Waals surface area contributed by atoms with Gasteiger partial charge in [0.25, 0.3) is 5.91 Å². The van der Waals surface area contributed by atoms with Gasteiger partial charge in [-0.1, -0.05) is 11.6 Å². The van der Waals surface area contributed by atoms with Gasteiger partial charge >= 0.3 is 6.18 Å². The molecule has 0 aliphatic heterocycles. The highest BCUT2D eigenvalue weighted by Crippen LogP contribution is 2.38. The molecule has 1 amide bonds. The van der Waals surface area contributed by atoms with Gasteiger partial charge < -0.3 is 14.8 Å². The van der Waals surface area contributed by atoms with Crippen LogP contribution >= 0.6 is 11.6 Å². The van der Waals surface area contributed by atoms with E-state index in [1.54, 1.807) is 24.4 Å². The van der Waals surface area contributed by atoms with E-state index in [1.807, 2.05) is 0 Å². The van der Waals surface area contributed by atoms with E-state index in [4.69, 9.17) is 21.1 Å². The SMILES string of the molecule is COc1cc(C(=O)Nc2ccc(OC)c(C(F)(F)F)c2)ccc1-c1ncccc1Cl. The van der Waals surface area contributed by atoms with E-state index in [0.717, 1.165) is 19.2 Å². The van der Waals surface area contributed by atoms with Crippen molar-refractivity contribution in [2.45, 2.75) is 6.18 Å². The number of methoxy groups -OCH3 is 2. The van der Waals surface area contributed by atoms with Crippen LogP contribution in [-0.4, -0.2) is 25.1 Å². The lowest BCUT2D eigenvalue weighted by atomic mass is 10.1. The second kappa shape index (κ2) is 8.62. The van der Waals surface area contributed by atoms with Crippen LogP contribution in [0.1, 0.15) is 15.9 Å². The minimum atomic E-state index is -4.63. The van der Waals surface area contributed by atoms with Gasteiger partial charge in [0.1, 0.15) is 11.5 Å². The van der Waals surface area contributed by atoms with E-state index in [-0.39, 0.29) is 17.0 Å². The van der Waals surface area contributed by atoms with Crippen LogP contribution in [0, 0.1) is 0 Å². The van der Waals surface area contributed by atoms with E-state index < -0.39 is 17.6 Å². The molecule has 3 rings (SSSR count). The summed E-state index contributed by atoms with van der Waals surface area (Å²) >= 11 is 6.17. The van der Waals surface area contributed by atoms with Gasteiger partial charge in [-0.3, -0.25) is 9.78 Å². The molecule has 0 fully saturated rings. The van der Waals surface area contributed by atoms with Crippen molar-refractivity contribution in [3.63, 3.8) is 0 Å². The Morgan fingerprint density at radius 1 is 1.03 bits per heavy atom. The van der Waals surface area contributed by atoms with Gasteiger partial charge in [-0.15, -0.1) is 0 Å². The number of nitrogens with one attached hydrogen (secondary N) is 1. The Labute approximate surface area is 175 Å². The summed E-state index contributed by atoms with van der Waals surface area (Å²) < 4.78 is 49.7. The number of nitrogens with zero attached hydrogens (tertiary/aromatic N) is 1. The van der Waals surface area contributed by atoms with E-state index in [1.165, 1.54) is 25.3 Å². The van der Waals surface area contributed by atoms with Crippen LogP contribution in [0.25, 0.3) is 11.3 Å². The molecule has 0 aliphatic carbocycles. The maximum Gasteiger partial charge on any atom is 0.420 e. The van der Waals surface area contributed by atoms with Crippen LogP contribution in [0.15, 0.2) is 54.7 Å². The van der Waals surface area contributed by atoms with Crippen molar-refractivity contribution in [1.29, 1.82) is 0 Å². The largest absolute Gasteiger partial charge is 0.496 e. The number of aromatic nitrogens is 1. The Morgan fingerprint density at radius 3 is 2.40 bits per heavy atom. The molecule has 0 aliphatic rings. The normalized spacial score (nSPS) is 11.1. The highest BCUT2D eigenvalue weighted by molar-refractivity contribution is 6.33. The first kappa shape index (κ1) is 21.4. The molecule has 0 bridgehead atoms. The first-order valence-corrected chi connectivity index (χ1v) is 8.98. The number of hydrogen-bond donors (Lipinski definition) is 1. The van der Waals surface area contributed by atoms with Crippen LogP contribution in [0.3, 0.4) is 0 Å². The number of carbonyl (C=O) groups is 1. The average Bonchev–Trinajstić information content (AvgIpc) is 2.73. The van der Waals surface area contributed by atoms with Crippen LogP contribution in [0.2, 0.25) is 5.02 Å². The van der Waals surface area contributed by atoms with Gasteiger partial charge in [-0.05, 0) is 48.5 Å². The van der Waals surface area contributed by atoms with Crippen LogP contribution in [0.5, 0.6) is 11.5 Å². The van der Waals surface area contributed by atoms with Crippen LogP contribution in [0.4, 0.5) is 18.9 Å². The van der Waals surface area contributed by atoms with Crippen molar-refractivity contribution < 1.29 is 27.4 Å². The zero-order valence-electron chi connectivity index (χ0n) is 15.9. The summed E-state index contributed by atoms with van der Waals surface area (Å²) in [5.41, 5.74) is 0.230. The quantitative estimate of drug-likeness (QED) is 0.558. The number of hydrogen-bond acceptors (Lipinski definition) is 4. The Kier molecular flexibility index (Phi) is 6.17. The monoisotopic (exact) mass is 436 g/mol. The second-order valence-electron chi connectivity index (χ2n) is 6.12. The summed E-state index contributed by atoms with van der Waals surface area (Å²) in [4.78, 5) is 16.8. The van der Waals surface area contributed by atoms with Gasteiger partial charge in [-0.25, -0.2) is 0 Å². The molecular weight excluding hydrogens is 421 g/mol. The van der Waals surface area contributed by atoms with Crippen molar-refractivity contribution in [1.82, 2.24) is 4.98 Å². The van der Waals surface area contributed by atoms with Gasteiger partial charge in [0, 0.05) is 23.0 Å². The maximum absolute atomic E-state index is 13.2. The fourth-order valence-electron chi connectivity index (χ4n) is 2.82. The van der Waals surface area contributed by atoms with Gasteiger partial charge in [0.15, 0.2) is 0 Å². The summed E-state index contributed by atoms with van der Waals surface area (Å²) in [6, 6.07) is 11.2. The summed E-state index contributed by atoms with van der Waals surface area (Å²) in [5.74, 6) is -0.599. The molecule has 1 aromatic heterocycles. The molecule has 0 atom stereocenters. The Morgan fingerprint density at radius 2 is 1.77 bits per heavy atom. The fraction of sp³-hybridized carbons (Fsp3) is 0.143. The number of alkyl halides is 3. The Hall–Kier alpha value is -3.26. The van der Waals surface area contributed by atoms with Gasteiger partial charge in [0.2, 0.25) is 0 Å². The van der Waals surface area contributed by atoms with Gasteiger partial charge in [0.05, 0.1) is 30.5 Å². The van der Waals surface area contributed by atoms with Crippen LogP contribution < -0.4 is 14.8 Å².